The van der Waals surface area contributed by atoms with Crippen LogP contribution in [0.25, 0.3) is 0 Å². The summed E-state index contributed by atoms with van der Waals surface area (Å²) in [6.07, 6.45) is 79.5. The van der Waals surface area contributed by atoms with Crippen LogP contribution < -0.4 is 0 Å². The van der Waals surface area contributed by atoms with E-state index in [9.17, 15) is 14.4 Å². The molecule has 0 N–H and O–H groups in total. The van der Waals surface area contributed by atoms with Gasteiger partial charge in [0, 0.05) is 19.3 Å². The molecule has 1 atom stereocenters. The smallest absolute Gasteiger partial charge is 0.306 e. The van der Waals surface area contributed by atoms with Gasteiger partial charge in [0.05, 0.1) is 0 Å². The molecule has 0 rings (SSSR count). The van der Waals surface area contributed by atoms with Gasteiger partial charge in [0.2, 0.25) is 0 Å². The lowest BCUT2D eigenvalue weighted by Gasteiger charge is -2.18. The quantitative estimate of drug-likeness (QED) is 0.0261. The van der Waals surface area contributed by atoms with Crippen molar-refractivity contribution in [2.24, 2.45) is 0 Å². The summed E-state index contributed by atoms with van der Waals surface area (Å²) in [5.74, 6) is -0.988. The lowest BCUT2D eigenvalue weighted by atomic mass is 10.0. The molecule has 0 aromatic heterocycles. The molecule has 0 aliphatic heterocycles. The molecule has 0 aromatic carbocycles. The van der Waals surface area contributed by atoms with Crippen molar-refractivity contribution >= 4 is 17.9 Å². The highest BCUT2D eigenvalue weighted by atomic mass is 16.6. The van der Waals surface area contributed by atoms with E-state index in [1.165, 1.54) is 103 Å². The maximum atomic E-state index is 12.8. The number of esters is 3. The second-order valence-electron chi connectivity index (χ2n) is 19.1. The average molecular weight is 986 g/mol. The van der Waals surface area contributed by atoms with Crippen molar-refractivity contribution in [3.05, 3.63) is 109 Å². The molecule has 0 bridgehead atoms. The highest BCUT2D eigenvalue weighted by Crippen LogP contribution is 2.16. The Labute approximate surface area is 438 Å². The Morgan fingerprint density at radius 2 is 0.563 bits per heavy atom. The van der Waals surface area contributed by atoms with E-state index < -0.39 is 6.10 Å². The third-order valence-electron chi connectivity index (χ3n) is 12.3. The number of carbonyl (C=O) groups is 3. The average Bonchev–Trinajstić information content (AvgIpc) is 3.37. The zero-order chi connectivity index (χ0) is 51.4. The van der Waals surface area contributed by atoms with Gasteiger partial charge in [-0.3, -0.25) is 14.4 Å². The number of rotatable bonds is 52. The predicted octanol–water partition coefficient (Wildman–Crippen LogP) is 19.9. The highest BCUT2D eigenvalue weighted by Gasteiger charge is 2.19. The second-order valence-corrected chi connectivity index (χ2v) is 19.1. The minimum atomic E-state index is -0.819. The van der Waals surface area contributed by atoms with Gasteiger partial charge in [-0.1, -0.05) is 259 Å². The van der Waals surface area contributed by atoms with Crippen molar-refractivity contribution < 1.29 is 28.6 Å². The summed E-state index contributed by atoms with van der Waals surface area (Å²) >= 11 is 0. The van der Waals surface area contributed by atoms with E-state index >= 15 is 0 Å². The molecule has 0 aliphatic rings. The maximum Gasteiger partial charge on any atom is 0.306 e. The monoisotopic (exact) mass is 985 g/mol. The second kappa shape index (κ2) is 58.6. The third-order valence-corrected chi connectivity index (χ3v) is 12.3. The van der Waals surface area contributed by atoms with Gasteiger partial charge in [-0.15, -0.1) is 0 Å². The van der Waals surface area contributed by atoms with Crippen molar-refractivity contribution in [3.63, 3.8) is 0 Å². The van der Waals surface area contributed by atoms with E-state index in [2.05, 4.69) is 130 Å². The molecule has 0 unspecified atom stereocenters. The minimum Gasteiger partial charge on any atom is -0.462 e. The molecule has 0 spiro atoms. The fourth-order valence-electron chi connectivity index (χ4n) is 7.94. The number of carbonyl (C=O) groups excluding carboxylic acids is 3. The normalized spacial score (nSPS) is 12.9. The Bertz CT molecular complexity index is 1460. The summed E-state index contributed by atoms with van der Waals surface area (Å²) in [6.45, 7) is 6.36. The molecule has 0 amide bonds. The number of allylic oxidation sites excluding steroid dienone is 18. The minimum absolute atomic E-state index is 0.108. The van der Waals surface area contributed by atoms with Crippen LogP contribution >= 0.6 is 0 Å². The highest BCUT2D eigenvalue weighted by molar-refractivity contribution is 5.71. The van der Waals surface area contributed by atoms with E-state index in [0.29, 0.717) is 19.3 Å². The zero-order valence-electron chi connectivity index (χ0n) is 46.2. The van der Waals surface area contributed by atoms with Gasteiger partial charge in [0.25, 0.3) is 0 Å². The van der Waals surface area contributed by atoms with Gasteiger partial charge in [-0.2, -0.15) is 0 Å². The fourth-order valence-corrected chi connectivity index (χ4v) is 7.94. The van der Waals surface area contributed by atoms with Gasteiger partial charge >= 0.3 is 17.9 Å². The van der Waals surface area contributed by atoms with Crippen LogP contribution in [0.5, 0.6) is 0 Å². The van der Waals surface area contributed by atoms with Gasteiger partial charge < -0.3 is 14.2 Å². The number of ether oxygens (including phenoxy) is 3. The van der Waals surface area contributed by atoms with Gasteiger partial charge in [-0.05, 0) is 96.3 Å². The topological polar surface area (TPSA) is 78.9 Å². The van der Waals surface area contributed by atoms with Gasteiger partial charge in [0.15, 0.2) is 6.10 Å². The summed E-state index contributed by atoms with van der Waals surface area (Å²) in [7, 11) is 0. The SMILES string of the molecule is CC/C=C\C/C=C\C/C=C\C/C=C\C/C=C\CCCC(=O)O[C@H](COC(=O)CCCCCC/C=C\C/C=C\C/C=C\C/C=C\CC)COC(=O)CCCCCCCCCCCCCCCCCCCCC. The molecule has 6 nitrogen and oxygen atoms in total. The van der Waals surface area contributed by atoms with Crippen LogP contribution in [-0.2, 0) is 28.6 Å². The van der Waals surface area contributed by atoms with Crippen molar-refractivity contribution in [2.45, 2.75) is 271 Å². The maximum absolute atomic E-state index is 12.8. The predicted molar refractivity (Wildman–Crippen MR) is 307 cm³/mol. The number of hydrogen-bond acceptors (Lipinski definition) is 6. The summed E-state index contributed by atoms with van der Waals surface area (Å²) in [5, 5.41) is 0. The Hall–Kier alpha value is -3.93. The molecule has 0 aromatic rings. The largest absolute Gasteiger partial charge is 0.462 e. The molecular formula is C65H108O6. The molecule has 0 aliphatic carbocycles. The van der Waals surface area contributed by atoms with Gasteiger partial charge in [0.1, 0.15) is 13.2 Å². The molecule has 0 radical (unpaired) electrons. The molecule has 0 saturated carbocycles. The Morgan fingerprint density at radius 3 is 0.901 bits per heavy atom. The van der Waals surface area contributed by atoms with E-state index in [0.717, 1.165) is 116 Å². The Morgan fingerprint density at radius 1 is 0.296 bits per heavy atom. The van der Waals surface area contributed by atoms with Crippen molar-refractivity contribution in [3.8, 4) is 0 Å². The van der Waals surface area contributed by atoms with Crippen LogP contribution in [0.4, 0.5) is 0 Å². The molecular weight excluding hydrogens is 877 g/mol. The van der Waals surface area contributed by atoms with E-state index in [4.69, 9.17) is 14.2 Å². The van der Waals surface area contributed by atoms with Crippen LogP contribution in [0.2, 0.25) is 0 Å². The van der Waals surface area contributed by atoms with Crippen LogP contribution in [0, 0.1) is 0 Å². The first-order chi connectivity index (χ1) is 35.0. The Balaban J connectivity index is 4.49. The third kappa shape index (κ3) is 56.9. The van der Waals surface area contributed by atoms with Crippen LogP contribution in [0.3, 0.4) is 0 Å². The summed E-state index contributed by atoms with van der Waals surface area (Å²) in [4.78, 5) is 38.2. The zero-order valence-corrected chi connectivity index (χ0v) is 46.2. The van der Waals surface area contributed by atoms with E-state index in [1.807, 2.05) is 0 Å². The Kier molecular flexibility index (Phi) is 55.4. The summed E-state index contributed by atoms with van der Waals surface area (Å²) in [5.41, 5.74) is 0. The molecule has 6 heteroatoms. The first kappa shape index (κ1) is 67.1. The molecule has 404 valence electrons. The van der Waals surface area contributed by atoms with Crippen LogP contribution in [0.15, 0.2) is 109 Å². The number of unbranched alkanes of at least 4 members (excludes halogenated alkanes) is 23. The summed E-state index contributed by atoms with van der Waals surface area (Å²) < 4.78 is 16.8. The first-order valence-corrected chi connectivity index (χ1v) is 29.4. The van der Waals surface area contributed by atoms with Crippen LogP contribution in [-0.4, -0.2) is 37.2 Å². The van der Waals surface area contributed by atoms with Gasteiger partial charge in [-0.25, -0.2) is 0 Å². The summed E-state index contributed by atoms with van der Waals surface area (Å²) in [6, 6.07) is 0. The first-order valence-electron chi connectivity index (χ1n) is 29.4. The van der Waals surface area contributed by atoms with Crippen molar-refractivity contribution in [1.82, 2.24) is 0 Å². The lowest BCUT2D eigenvalue weighted by molar-refractivity contribution is -0.167. The molecule has 0 saturated heterocycles. The van der Waals surface area contributed by atoms with Crippen LogP contribution in [0.1, 0.15) is 265 Å². The van der Waals surface area contributed by atoms with E-state index in [1.54, 1.807) is 0 Å². The number of hydrogen-bond donors (Lipinski definition) is 0. The molecule has 71 heavy (non-hydrogen) atoms. The van der Waals surface area contributed by atoms with Crippen molar-refractivity contribution in [2.75, 3.05) is 13.2 Å². The fraction of sp³-hybridized carbons (Fsp3) is 0.677. The molecule has 0 fully saturated rings. The van der Waals surface area contributed by atoms with Crippen molar-refractivity contribution in [1.29, 1.82) is 0 Å². The molecule has 0 heterocycles. The standard InChI is InChI=1S/C65H108O6/c1-4-7-10-13-16-19-22-25-28-31-32-35-37-40-43-46-49-52-55-58-64(67)70-61-62(71-65(68)59-56-53-50-47-44-41-38-34-30-27-24-21-18-15-12-9-6-3)60-69-63(66)57-54-51-48-45-42-39-36-33-29-26-23-20-17-14-11-8-5-2/h8-9,11-12,17-18,20-21,26-27,29-30,36,38-39,41,47,50,62H,4-7,10,13-16,19,22-25,28,31-35,37,40,42-46,48-49,51-61H2,1-3H3/b11-8-,12-9-,20-17-,21-18-,29-26-,30-27-,39-36-,41-38-,50-47-/t62-/m1/s1. The lowest BCUT2D eigenvalue weighted by Crippen LogP contribution is -2.30. The van der Waals surface area contributed by atoms with E-state index in [-0.39, 0.29) is 37.5 Å².